The van der Waals surface area contributed by atoms with E-state index >= 15 is 0 Å². The van der Waals surface area contributed by atoms with Crippen LogP contribution in [0, 0.1) is 11.8 Å². The SMILES string of the molecule is O=C(CCOCCNC(=O)c1ccc(N=Nc2ccc(CCNC(=O)c3ccc(C4=c5cc6c7c(c5Oc5c4cc4c8c5CCCN8CCC4)CCC[N+]=7CCC6)c(C(=O)O)c3)cc2O)cc1)NCCC(=O)N1Cc2ccccc2C#Cc2ccccc21. The summed E-state index contributed by atoms with van der Waals surface area (Å²) in [7, 11) is 0. The maximum Gasteiger partial charge on any atom is 0.336 e. The second-order valence-corrected chi connectivity index (χ2v) is 23.1. The second kappa shape index (κ2) is 25.2. The summed E-state index contributed by atoms with van der Waals surface area (Å²) in [5, 5.41) is 41.1. The number of hydrogen-bond acceptors (Lipinski definition) is 11. The largest absolute Gasteiger partial charge is 0.506 e. The maximum atomic E-state index is 13.8. The molecule has 7 aromatic carbocycles. The molecule has 0 fully saturated rings. The van der Waals surface area contributed by atoms with Crippen LogP contribution in [-0.2, 0) is 53.0 Å². The first-order valence-corrected chi connectivity index (χ1v) is 30.6. The lowest BCUT2D eigenvalue weighted by molar-refractivity contribution is -0.122. The Morgan fingerprint density at radius 3 is 2.23 bits per heavy atom. The maximum absolute atomic E-state index is 13.8. The van der Waals surface area contributed by atoms with Gasteiger partial charge in [0.15, 0.2) is 0 Å². The Balaban J connectivity index is 0.582. The number of azo groups is 1. The van der Waals surface area contributed by atoms with Crippen LogP contribution in [0.4, 0.5) is 22.7 Å². The van der Waals surface area contributed by atoms with Crippen LogP contribution in [0.15, 0.2) is 132 Å². The average Bonchev–Trinajstić information content (AvgIpc) is 1.67. The third-order valence-corrected chi connectivity index (χ3v) is 17.5. The number of carboxylic acid groups (broad SMARTS) is 1. The van der Waals surface area contributed by atoms with E-state index in [0.717, 1.165) is 133 Å². The first-order chi connectivity index (χ1) is 43.0. The number of ether oxygens (including phenoxy) is 2. The number of nitrogens with one attached hydrogen (secondary N) is 3. The number of amides is 4. The number of hydrogen-bond donors (Lipinski definition) is 5. The number of nitrogens with zero attached hydrogens (tertiary/aromatic N) is 5. The molecule has 4 amide bonds. The molecule has 0 radical (unpaired) electrons. The number of aryl methyl sites for hydroxylation is 2. The Labute approximate surface area is 509 Å². The monoisotopic (exact) mass is 1180 g/mol. The number of phenolic OH excluding ortho intramolecular Hbond substituents is 1. The van der Waals surface area contributed by atoms with Gasteiger partial charge in [0.05, 0.1) is 42.3 Å². The number of aromatic carboxylic acids is 1. The van der Waals surface area contributed by atoms with Gasteiger partial charge in [-0.2, -0.15) is 5.11 Å². The zero-order chi connectivity index (χ0) is 60.3. The zero-order valence-corrected chi connectivity index (χ0v) is 48.9. The molecule has 0 unspecified atom stereocenters. The fraction of sp³-hybridized carbons (Fsp3) is 0.296. The van der Waals surface area contributed by atoms with E-state index < -0.39 is 11.9 Å². The van der Waals surface area contributed by atoms with Crippen LogP contribution in [-0.4, -0.2) is 98.8 Å². The molecule has 7 aromatic rings. The molecular weight excluding hydrogens is 1110 g/mol. The number of carboxylic acids is 1. The molecular formula is C71H67N8O9+. The number of phenols is 1. The second-order valence-electron chi connectivity index (χ2n) is 23.1. The van der Waals surface area contributed by atoms with Gasteiger partial charge in [-0.05, 0) is 146 Å². The summed E-state index contributed by atoms with van der Waals surface area (Å²) in [4.78, 5) is 70.4. The lowest BCUT2D eigenvalue weighted by Crippen LogP contribution is -2.45. The minimum atomic E-state index is -1.12. The molecule has 13 rings (SSSR count). The van der Waals surface area contributed by atoms with E-state index in [4.69, 9.17) is 9.47 Å². The molecule has 0 spiro atoms. The molecule has 0 atom stereocenters. The molecule has 0 saturated carbocycles. The van der Waals surface area contributed by atoms with Crippen molar-refractivity contribution in [2.75, 3.05) is 68.8 Å². The minimum Gasteiger partial charge on any atom is -0.506 e. The van der Waals surface area contributed by atoms with E-state index in [2.05, 4.69) is 59.6 Å². The molecule has 17 heteroatoms. The van der Waals surface area contributed by atoms with E-state index in [9.17, 15) is 34.2 Å². The highest BCUT2D eigenvalue weighted by molar-refractivity contribution is 6.03. The smallest absolute Gasteiger partial charge is 0.336 e. The summed E-state index contributed by atoms with van der Waals surface area (Å²) in [6.07, 6.45) is 8.44. The first kappa shape index (κ1) is 57.2. The molecule has 0 bridgehead atoms. The minimum absolute atomic E-state index is 0.0488. The van der Waals surface area contributed by atoms with Crippen molar-refractivity contribution in [1.82, 2.24) is 20.5 Å². The lowest BCUT2D eigenvalue weighted by Gasteiger charge is -2.39. The molecule has 88 heavy (non-hydrogen) atoms. The number of carbonyl (C=O) groups is 5. The van der Waals surface area contributed by atoms with Crippen LogP contribution in [0.1, 0.15) is 125 Å². The topological polar surface area (TPSA) is 215 Å². The number of aromatic hydroxyl groups is 1. The fourth-order valence-corrected chi connectivity index (χ4v) is 13.3. The summed E-state index contributed by atoms with van der Waals surface area (Å²) >= 11 is 0. The van der Waals surface area contributed by atoms with Crippen LogP contribution in [0.3, 0.4) is 0 Å². The Morgan fingerprint density at radius 2 is 1.39 bits per heavy atom. The predicted octanol–water partition coefficient (Wildman–Crippen LogP) is 8.50. The van der Waals surface area contributed by atoms with Crippen molar-refractivity contribution in [2.24, 2.45) is 10.2 Å². The number of fused-ring (bicyclic) bond motifs is 6. The first-order valence-electron chi connectivity index (χ1n) is 30.6. The number of rotatable bonds is 18. The Bertz CT molecular complexity index is 4230. The fourth-order valence-electron chi connectivity index (χ4n) is 13.3. The third-order valence-electron chi connectivity index (χ3n) is 17.5. The van der Waals surface area contributed by atoms with Crippen molar-refractivity contribution in [2.45, 2.75) is 77.2 Å². The zero-order valence-electron chi connectivity index (χ0n) is 48.9. The molecule has 6 aliphatic heterocycles. The highest BCUT2D eigenvalue weighted by atomic mass is 16.5. The van der Waals surface area contributed by atoms with Crippen molar-refractivity contribution in [1.29, 1.82) is 0 Å². The summed E-state index contributed by atoms with van der Waals surface area (Å²) in [5.41, 5.74) is 14.0. The van der Waals surface area contributed by atoms with Gasteiger partial charge in [0.25, 0.3) is 11.8 Å². The number of para-hydroxylation sites is 1. The van der Waals surface area contributed by atoms with Gasteiger partial charge in [-0.15, -0.1) is 5.11 Å². The Morgan fingerprint density at radius 1 is 0.648 bits per heavy atom. The molecule has 0 aliphatic carbocycles. The van der Waals surface area contributed by atoms with Crippen molar-refractivity contribution < 1.29 is 43.7 Å². The molecule has 0 saturated heterocycles. The van der Waals surface area contributed by atoms with Crippen LogP contribution >= 0.6 is 0 Å². The summed E-state index contributed by atoms with van der Waals surface area (Å²) in [5.74, 6) is 5.75. The Hall–Kier alpha value is -9.92. The van der Waals surface area contributed by atoms with E-state index in [1.165, 1.54) is 39.4 Å². The summed E-state index contributed by atoms with van der Waals surface area (Å²) in [6.45, 7) is 5.39. The molecule has 0 aromatic heterocycles. The van der Waals surface area contributed by atoms with Crippen molar-refractivity contribution in [3.63, 3.8) is 0 Å². The number of carbonyl (C=O) groups excluding carboxylic acids is 4. The van der Waals surface area contributed by atoms with Gasteiger partial charge in [0, 0.05) is 114 Å². The number of anilines is 2. The van der Waals surface area contributed by atoms with Crippen LogP contribution in [0.25, 0.3) is 5.57 Å². The van der Waals surface area contributed by atoms with E-state index in [1.54, 1.807) is 59.5 Å². The van der Waals surface area contributed by atoms with Gasteiger partial charge in [-0.3, -0.25) is 19.2 Å². The predicted molar refractivity (Wildman–Crippen MR) is 334 cm³/mol. The third kappa shape index (κ3) is 11.7. The van der Waals surface area contributed by atoms with Gasteiger partial charge in [0.2, 0.25) is 17.2 Å². The summed E-state index contributed by atoms with van der Waals surface area (Å²) in [6, 6.07) is 36.3. The Kier molecular flexibility index (Phi) is 16.4. The van der Waals surface area contributed by atoms with E-state index in [-0.39, 0.29) is 86.0 Å². The normalized spacial score (nSPS) is 14.9. The highest BCUT2D eigenvalue weighted by Gasteiger charge is 2.37. The van der Waals surface area contributed by atoms with Gasteiger partial charge < -0.3 is 45.4 Å². The number of benzene rings is 7. The van der Waals surface area contributed by atoms with Gasteiger partial charge in [-0.1, -0.05) is 54.3 Å². The lowest BCUT2D eigenvalue weighted by atomic mass is 9.81. The average molecular weight is 1180 g/mol. The molecule has 5 N–H and O–H groups in total. The van der Waals surface area contributed by atoms with Crippen molar-refractivity contribution in [3.05, 3.63) is 204 Å². The van der Waals surface area contributed by atoms with Crippen LogP contribution in [0.5, 0.6) is 17.2 Å². The van der Waals surface area contributed by atoms with E-state index in [1.807, 2.05) is 48.5 Å². The highest BCUT2D eigenvalue weighted by Crippen LogP contribution is 2.49. The van der Waals surface area contributed by atoms with Gasteiger partial charge in [-0.25, -0.2) is 9.37 Å². The van der Waals surface area contributed by atoms with Crippen molar-refractivity contribution in [3.8, 4) is 29.1 Å². The standard InChI is InChI=1S/C71H66N8O9/c80-61-39-44(17-26-59(61)76-75-52-23-20-47(21-24-52)69(83)74-32-38-87-37-29-62(81)72-31-28-63(82)79-43-51-11-2-1-9-45(51)18-19-46-10-3-4-16-60(46)79)27-30-73-70(84)50-22-25-53(56(42-50)71(85)86)64-57-40-48-12-5-33-77-35-7-14-54(65(48)77)67(57)88-68-55-15-8-36-78-34-6-13-49(66(55)78)41-58(64)68/h1-4,9-11,16-17,20-26,39-42H,5-8,12-15,27-38,43H2,(H4-,72,73,74,75,80,81,83,84,85,86)/p+1. The van der Waals surface area contributed by atoms with Crippen molar-refractivity contribution >= 4 is 57.9 Å². The summed E-state index contributed by atoms with van der Waals surface area (Å²) < 4.78 is 15.3. The molecule has 444 valence electrons. The quantitative estimate of drug-likeness (QED) is 0.0239. The van der Waals surface area contributed by atoms with Gasteiger partial charge in [0.1, 0.15) is 36.0 Å². The van der Waals surface area contributed by atoms with E-state index in [0.29, 0.717) is 29.8 Å². The van der Waals surface area contributed by atoms with Gasteiger partial charge >= 0.3 is 5.97 Å². The molecule has 17 nitrogen and oxygen atoms in total. The molecule has 6 aliphatic rings. The van der Waals surface area contributed by atoms with Crippen LogP contribution in [0.2, 0.25) is 0 Å². The molecule has 6 heterocycles. The van der Waals surface area contributed by atoms with Crippen LogP contribution < -0.4 is 45.6 Å².